The van der Waals surface area contributed by atoms with E-state index in [-0.39, 0.29) is 24.2 Å². The fourth-order valence-electron chi connectivity index (χ4n) is 4.50. The van der Waals surface area contributed by atoms with Crippen LogP contribution in [0.2, 0.25) is 5.02 Å². The number of hydrogen-bond acceptors (Lipinski definition) is 4. The van der Waals surface area contributed by atoms with Gasteiger partial charge in [0, 0.05) is 60.0 Å². The van der Waals surface area contributed by atoms with Gasteiger partial charge >= 0.3 is 0 Å². The number of ether oxygens (including phenoxy) is 1. The summed E-state index contributed by atoms with van der Waals surface area (Å²) in [4.78, 5) is 29.5. The Balaban J connectivity index is 1.32. The molecule has 0 spiro atoms. The monoisotopic (exact) mass is 450 g/mol. The molecule has 2 amide bonds. The summed E-state index contributed by atoms with van der Waals surface area (Å²) >= 11 is 6.16. The number of aromatic nitrogens is 2. The number of anilines is 1. The van der Waals surface area contributed by atoms with Crippen LogP contribution in [0.25, 0.3) is 11.3 Å². The van der Waals surface area contributed by atoms with Crippen molar-refractivity contribution in [1.29, 1.82) is 0 Å². The molecule has 1 fully saturated rings. The Morgan fingerprint density at radius 1 is 1.22 bits per heavy atom. The van der Waals surface area contributed by atoms with Gasteiger partial charge in [0.2, 0.25) is 11.8 Å². The number of rotatable bonds is 4. The van der Waals surface area contributed by atoms with Crippen molar-refractivity contribution >= 4 is 29.1 Å². The smallest absolute Gasteiger partial charge is 0.228 e. The fourth-order valence-corrected chi connectivity index (χ4v) is 4.69. The Kier molecular flexibility index (Phi) is 5.35. The van der Waals surface area contributed by atoms with Crippen LogP contribution >= 0.6 is 11.6 Å². The summed E-state index contributed by atoms with van der Waals surface area (Å²) in [5, 5.41) is 8.24. The number of halogens is 1. The van der Waals surface area contributed by atoms with E-state index in [4.69, 9.17) is 16.3 Å². The van der Waals surface area contributed by atoms with Gasteiger partial charge in [-0.3, -0.25) is 14.7 Å². The highest BCUT2D eigenvalue weighted by Gasteiger charge is 2.38. The zero-order valence-corrected chi connectivity index (χ0v) is 18.4. The highest BCUT2D eigenvalue weighted by atomic mass is 35.5. The first-order valence-electron chi connectivity index (χ1n) is 10.6. The van der Waals surface area contributed by atoms with E-state index in [9.17, 15) is 9.59 Å². The molecule has 0 bridgehead atoms. The summed E-state index contributed by atoms with van der Waals surface area (Å²) in [6.45, 7) is 1.47. The second-order valence-electron chi connectivity index (χ2n) is 8.15. The van der Waals surface area contributed by atoms with Gasteiger partial charge in [0.15, 0.2) is 0 Å². The van der Waals surface area contributed by atoms with Gasteiger partial charge in [-0.05, 0) is 36.4 Å². The van der Waals surface area contributed by atoms with Crippen LogP contribution in [0.15, 0.2) is 48.5 Å². The molecule has 0 saturated carbocycles. The molecule has 5 rings (SSSR count). The lowest BCUT2D eigenvalue weighted by molar-refractivity contribution is -0.136. The van der Waals surface area contributed by atoms with Crippen molar-refractivity contribution in [3.8, 4) is 17.0 Å². The van der Waals surface area contributed by atoms with Crippen molar-refractivity contribution in [2.45, 2.75) is 19.4 Å². The molecule has 32 heavy (non-hydrogen) atoms. The summed E-state index contributed by atoms with van der Waals surface area (Å²) in [7, 11) is 1.60. The first kappa shape index (κ1) is 20.6. The number of benzene rings is 2. The Hall–Kier alpha value is -3.32. The van der Waals surface area contributed by atoms with E-state index >= 15 is 0 Å². The van der Waals surface area contributed by atoms with Crippen LogP contribution < -0.4 is 9.64 Å². The van der Waals surface area contributed by atoms with Gasteiger partial charge in [0.1, 0.15) is 5.75 Å². The van der Waals surface area contributed by atoms with Gasteiger partial charge in [-0.15, -0.1) is 0 Å². The molecule has 7 nitrogen and oxygen atoms in total. The summed E-state index contributed by atoms with van der Waals surface area (Å²) in [6, 6.07) is 14.9. The quantitative estimate of drug-likeness (QED) is 0.657. The average Bonchev–Trinajstić information content (AvgIpc) is 3.42. The van der Waals surface area contributed by atoms with Crippen LogP contribution in [-0.4, -0.2) is 47.1 Å². The number of nitrogens with one attached hydrogen (secondary N) is 1. The first-order chi connectivity index (χ1) is 15.5. The molecule has 164 valence electrons. The van der Waals surface area contributed by atoms with Crippen LogP contribution in [0.1, 0.15) is 17.7 Å². The van der Waals surface area contributed by atoms with Gasteiger partial charge in [0.25, 0.3) is 0 Å². The van der Waals surface area contributed by atoms with Crippen LogP contribution in [0.3, 0.4) is 0 Å². The fraction of sp³-hybridized carbons (Fsp3) is 0.292. The van der Waals surface area contributed by atoms with E-state index in [1.54, 1.807) is 12.0 Å². The number of methoxy groups -OCH3 is 1. The number of carbonyl (C=O) groups excluding carboxylic acids is 2. The van der Waals surface area contributed by atoms with Gasteiger partial charge in [-0.1, -0.05) is 23.7 Å². The predicted molar refractivity (Wildman–Crippen MR) is 122 cm³/mol. The third kappa shape index (κ3) is 3.73. The van der Waals surface area contributed by atoms with E-state index < -0.39 is 0 Å². The van der Waals surface area contributed by atoms with E-state index in [1.807, 2.05) is 53.4 Å². The first-order valence-corrected chi connectivity index (χ1v) is 11.0. The van der Waals surface area contributed by atoms with Crippen molar-refractivity contribution in [2.24, 2.45) is 5.92 Å². The molecule has 2 aromatic carbocycles. The topological polar surface area (TPSA) is 78.5 Å². The van der Waals surface area contributed by atoms with E-state index in [0.29, 0.717) is 31.1 Å². The van der Waals surface area contributed by atoms with Crippen LogP contribution in [-0.2, 0) is 22.6 Å². The lowest BCUT2D eigenvalue weighted by Crippen LogP contribution is -2.40. The van der Waals surface area contributed by atoms with Crippen molar-refractivity contribution in [3.63, 3.8) is 0 Å². The molecule has 1 saturated heterocycles. The zero-order valence-electron chi connectivity index (χ0n) is 17.7. The number of nitrogens with zero attached hydrogens (tertiary/aromatic N) is 3. The van der Waals surface area contributed by atoms with Crippen LogP contribution in [0.5, 0.6) is 5.75 Å². The van der Waals surface area contributed by atoms with Gasteiger partial charge in [0.05, 0.1) is 18.7 Å². The maximum absolute atomic E-state index is 13.3. The lowest BCUT2D eigenvalue weighted by Gasteiger charge is -2.29. The Bertz CT molecular complexity index is 1170. The van der Waals surface area contributed by atoms with Crippen LogP contribution in [0.4, 0.5) is 5.69 Å². The minimum Gasteiger partial charge on any atom is -0.497 e. The number of hydrogen-bond donors (Lipinski definition) is 1. The molecule has 0 aliphatic carbocycles. The maximum atomic E-state index is 13.3. The summed E-state index contributed by atoms with van der Waals surface area (Å²) in [6.07, 6.45) is 0.929. The lowest BCUT2D eigenvalue weighted by atomic mass is 9.99. The highest BCUT2D eigenvalue weighted by Crippen LogP contribution is 2.32. The summed E-state index contributed by atoms with van der Waals surface area (Å²) in [5.74, 6) is 0.354. The predicted octanol–water partition coefficient (Wildman–Crippen LogP) is 3.68. The number of aromatic amines is 1. The van der Waals surface area contributed by atoms with Crippen molar-refractivity contribution < 1.29 is 14.3 Å². The molecule has 2 aliphatic heterocycles. The number of amides is 2. The largest absolute Gasteiger partial charge is 0.497 e. The number of fused-ring (bicyclic) bond motifs is 1. The molecular formula is C24H23ClN4O3. The van der Waals surface area contributed by atoms with Crippen molar-refractivity contribution in [2.75, 3.05) is 25.1 Å². The third-order valence-electron chi connectivity index (χ3n) is 6.20. The van der Waals surface area contributed by atoms with Gasteiger partial charge in [-0.2, -0.15) is 5.10 Å². The van der Waals surface area contributed by atoms with Crippen molar-refractivity contribution in [1.82, 2.24) is 15.1 Å². The van der Waals surface area contributed by atoms with E-state index in [1.165, 1.54) is 0 Å². The molecule has 1 unspecified atom stereocenters. The minimum atomic E-state index is -0.354. The van der Waals surface area contributed by atoms with E-state index in [0.717, 1.165) is 34.0 Å². The highest BCUT2D eigenvalue weighted by molar-refractivity contribution is 6.30. The number of H-pyrrole nitrogens is 1. The molecular weight excluding hydrogens is 428 g/mol. The van der Waals surface area contributed by atoms with Gasteiger partial charge < -0.3 is 14.5 Å². The second kappa shape index (κ2) is 8.31. The Morgan fingerprint density at radius 3 is 2.78 bits per heavy atom. The normalized spacial score (nSPS) is 18.1. The van der Waals surface area contributed by atoms with E-state index in [2.05, 4.69) is 10.2 Å². The molecule has 0 radical (unpaired) electrons. The Labute approximate surface area is 190 Å². The van der Waals surface area contributed by atoms with Crippen LogP contribution in [0, 0.1) is 5.92 Å². The molecule has 8 heteroatoms. The SMILES string of the molecule is COc1ccc(N2CC(C(=O)N3CCc4[nH]nc(-c5cccc(Cl)c5)c4C3)CC2=O)cc1. The number of carbonyl (C=O) groups is 2. The summed E-state index contributed by atoms with van der Waals surface area (Å²) < 4.78 is 5.19. The maximum Gasteiger partial charge on any atom is 0.228 e. The Morgan fingerprint density at radius 2 is 2.03 bits per heavy atom. The third-order valence-corrected chi connectivity index (χ3v) is 6.44. The second-order valence-corrected chi connectivity index (χ2v) is 8.59. The summed E-state index contributed by atoms with van der Waals surface area (Å²) in [5.41, 5.74) is 4.59. The molecule has 1 N–H and O–H groups in total. The van der Waals surface area contributed by atoms with Gasteiger partial charge in [-0.25, -0.2) is 0 Å². The molecule has 3 heterocycles. The molecule has 3 aromatic rings. The molecule has 1 aromatic heterocycles. The average molecular weight is 451 g/mol. The zero-order chi connectivity index (χ0) is 22.2. The minimum absolute atomic E-state index is 0.0123. The molecule has 2 aliphatic rings. The standard InChI is InChI=1S/C24H23ClN4O3/c1-32-19-7-5-18(6-8-19)29-13-16(12-22(29)30)24(31)28-10-9-21-20(14-28)23(27-26-21)15-3-2-4-17(25)11-15/h2-8,11,16H,9-10,12-14H2,1H3,(H,26,27). The molecule has 1 atom stereocenters. The van der Waals surface area contributed by atoms with Crippen molar-refractivity contribution in [3.05, 3.63) is 64.8 Å².